The van der Waals surface area contributed by atoms with Crippen LogP contribution in [-0.4, -0.2) is 34.6 Å². The predicted octanol–water partition coefficient (Wildman–Crippen LogP) is 2.52. The van der Waals surface area contributed by atoms with Gasteiger partial charge < -0.3 is 9.47 Å². The molecule has 0 unspecified atom stereocenters. The molecule has 1 amide bonds. The van der Waals surface area contributed by atoms with Crippen molar-refractivity contribution in [3.63, 3.8) is 0 Å². The molecule has 2 aromatic heterocycles. The first kappa shape index (κ1) is 20.2. The van der Waals surface area contributed by atoms with Crippen molar-refractivity contribution >= 4 is 5.91 Å². The zero-order valence-electron chi connectivity index (χ0n) is 16.0. The van der Waals surface area contributed by atoms with Crippen LogP contribution in [0, 0.1) is 5.95 Å². The number of rotatable bonds is 8. The van der Waals surface area contributed by atoms with E-state index in [1.54, 1.807) is 6.20 Å². The summed E-state index contributed by atoms with van der Waals surface area (Å²) >= 11 is 0. The van der Waals surface area contributed by atoms with Crippen LogP contribution < -0.4 is 20.3 Å². The average Bonchev–Trinajstić information content (AvgIpc) is 2.76. The second kappa shape index (κ2) is 9.56. The van der Waals surface area contributed by atoms with E-state index in [1.807, 2.05) is 31.2 Å². The van der Waals surface area contributed by atoms with Crippen LogP contribution >= 0.6 is 0 Å². The van der Waals surface area contributed by atoms with E-state index in [-0.39, 0.29) is 17.8 Å². The van der Waals surface area contributed by atoms with E-state index in [2.05, 4.69) is 25.8 Å². The molecule has 1 aromatic carbocycles. The number of aromatic nitrogens is 3. The van der Waals surface area contributed by atoms with Crippen molar-refractivity contribution in [3.8, 4) is 22.8 Å². The van der Waals surface area contributed by atoms with Crippen molar-refractivity contribution in [2.75, 3.05) is 13.7 Å². The summed E-state index contributed by atoms with van der Waals surface area (Å²) in [5.74, 6) is 0.0245. The van der Waals surface area contributed by atoms with Crippen molar-refractivity contribution < 1.29 is 18.7 Å². The second-order valence-corrected chi connectivity index (χ2v) is 5.88. The molecule has 0 aliphatic rings. The molecule has 0 fully saturated rings. The maximum atomic E-state index is 13.7. The minimum atomic E-state index is -0.648. The molecule has 2 heterocycles. The highest BCUT2D eigenvalue weighted by atomic mass is 19.1. The van der Waals surface area contributed by atoms with Gasteiger partial charge in [-0.1, -0.05) is 0 Å². The number of methoxy groups -OCH3 is 1. The third-order valence-corrected chi connectivity index (χ3v) is 3.93. The number of carbonyl (C=O) groups is 1. The second-order valence-electron chi connectivity index (χ2n) is 5.88. The highest BCUT2D eigenvalue weighted by Gasteiger charge is 2.11. The summed E-state index contributed by atoms with van der Waals surface area (Å²) in [5.41, 5.74) is 6.84. The number of pyridine rings is 1. The molecular weight excluding hydrogens is 377 g/mol. The standard InChI is InChI=1S/C20H20FN5O3/c1-3-29-15-6-4-13(5-7-15)17-11-22-12-18(25-17)20(27)26-24-9-14-8-16(28-2)10-23-19(14)21/h4-8,10-12,24H,3,9H2,1-2H3,(H,26,27). The minimum absolute atomic E-state index is 0.0216. The summed E-state index contributed by atoms with van der Waals surface area (Å²) in [5, 5.41) is 0. The van der Waals surface area contributed by atoms with Gasteiger partial charge in [0.2, 0.25) is 5.95 Å². The predicted molar refractivity (Wildman–Crippen MR) is 104 cm³/mol. The molecule has 8 nitrogen and oxygen atoms in total. The van der Waals surface area contributed by atoms with Gasteiger partial charge in [0.25, 0.3) is 5.91 Å². The van der Waals surface area contributed by atoms with E-state index in [0.717, 1.165) is 11.3 Å². The van der Waals surface area contributed by atoms with Crippen molar-refractivity contribution in [3.05, 3.63) is 66.1 Å². The fourth-order valence-corrected chi connectivity index (χ4v) is 2.49. The van der Waals surface area contributed by atoms with Crippen LogP contribution in [0.2, 0.25) is 0 Å². The Kier molecular flexibility index (Phi) is 6.64. The van der Waals surface area contributed by atoms with Gasteiger partial charge in [0, 0.05) is 17.7 Å². The molecule has 0 bridgehead atoms. The van der Waals surface area contributed by atoms with Crippen LogP contribution in [-0.2, 0) is 6.54 Å². The normalized spacial score (nSPS) is 10.4. The SMILES string of the molecule is CCOc1ccc(-c2cncc(C(=O)NNCc3cc(OC)cnc3F)n2)cc1. The summed E-state index contributed by atoms with van der Waals surface area (Å²) < 4.78 is 24.1. The zero-order chi connectivity index (χ0) is 20.6. The lowest BCUT2D eigenvalue weighted by Crippen LogP contribution is -2.37. The van der Waals surface area contributed by atoms with E-state index in [4.69, 9.17) is 9.47 Å². The number of nitrogens with zero attached hydrogens (tertiary/aromatic N) is 3. The van der Waals surface area contributed by atoms with E-state index in [9.17, 15) is 9.18 Å². The smallest absolute Gasteiger partial charge is 0.285 e. The molecule has 3 rings (SSSR count). The summed E-state index contributed by atoms with van der Waals surface area (Å²) in [4.78, 5) is 24.3. The highest BCUT2D eigenvalue weighted by Crippen LogP contribution is 2.20. The Labute approximate surface area is 167 Å². The van der Waals surface area contributed by atoms with Crippen LogP contribution in [0.5, 0.6) is 11.5 Å². The van der Waals surface area contributed by atoms with Gasteiger partial charge in [-0.25, -0.2) is 15.4 Å². The number of benzene rings is 1. The Hall–Kier alpha value is -3.59. The highest BCUT2D eigenvalue weighted by molar-refractivity contribution is 5.92. The largest absolute Gasteiger partial charge is 0.495 e. The van der Waals surface area contributed by atoms with Crippen LogP contribution in [0.4, 0.5) is 4.39 Å². The topological polar surface area (TPSA) is 98.3 Å². The maximum Gasteiger partial charge on any atom is 0.285 e. The fourth-order valence-electron chi connectivity index (χ4n) is 2.49. The van der Waals surface area contributed by atoms with Crippen LogP contribution in [0.3, 0.4) is 0 Å². The minimum Gasteiger partial charge on any atom is -0.495 e. The van der Waals surface area contributed by atoms with Crippen LogP contribution in [0.25, 0.3) is 11.3 Å². The third kappa shape index (κ3) is 5.23. The Balaban J connectivity index is 1.63. The van der Waals surface area contributed by atoms with Gasteiger partial charge >= 0.3 is 0 Å². The number of hydrogen-bond acceptors (Lipinski definition) is 7. The Morgan fingerprint density at radius 1 is 1.14 bits per heavy atom. The number of halogens is 1. The average molecular weight is 397 g/mol. The molecule has 29 heavy (non-hydrogen) atoms. The number of carbonyl (C=O) groups excluding carboxylic acids is 1. The summed E-state index contributed by atoms with van der Waals surface area (Å²) in [6.45, 7) is 2.51. The molecule has 0 saturated carbocycles. The van der Waals surface area contributed by atoms with E-state index < -0.39 is 11.9 Å². The van der Waals surface area contributed by atoms with Crippen molar-refractivity contribution in [1.82, 2.24) is 25.8 Å². The van der Waals surface area contributed by atoms with Gasteiger partial charge in [0.05, 0.1) is 38.0 Å². The Morgan fingerprint density at radius 3 is 2.66 bits per heavy atom. The molecule has 0 atom stereocenters. The molecule has 0 saturated heterocycles. The van der Waals surface area contributed by atoms with Gasteiger partial charge in [-0.05, 0) is 37.3 Å². The lowest BCUT2D eigenvalue weighted by atomic mass is 10.1. The van der Waals surface area contributed by atoms with Gasteiger partial charge in [-0.2, -0.15) is 4.39 Å². The first-order valence-corrected chi connectivity index (χ1v) is 8.87. The molecule has 0 aliphatic heterocycles. The first-order chi connectivity index (χ1) is 14.1. The maximum absolute atomic E-state index is 13.7. The number of nitrogens with one attached hydrogen (secondary N) is 2. The van der Waals surface area contributed by atoms with Gasteiger partial charge in [-0.15, -0.1) is 0 Å². The van der Waals surface area contributed by atoms with Crippen LogP contribution in [0.1, 0.15) is 23.0 Å². The molecular formula is C20H20FN5O3. The molecule has 0 radical (unpaired) electrons. The number of hydrogen-bond donors (Lipinski definition) is 2. The number of hydrazine groups is 1. The molecule has 0 spiro atoms. The summed E-state index contributed by atoms with van der Waals surface area (Å²) in [6, 6.07) is 8.83. The van der Waals surface area contributed by atoms with Crippen LogP contribution in [0.15, 0.2) is 48.9 Å². The molecule has 2 N–H and O–H groups in total. The van der Waals surface area contributed by atoms with Gasteiger partial charge in [-0.3, -0.25) is 15.2 Å². The zero-order valence-corrected chi connectivity index (χ0v) is 16.0. The lowest BCUT2D eigenvalue weighted by Gasteiger charge is -2.09. The Morgan fingerprint density at radius 2 is 1.93 bits per heavy atom. The van der Waals surface area contributed by atoms with Crippen molar-refractivity contribution in [2.24, 2.45) is 0 Å². The molecule has 0 aliphatic carbocycles. The summed E-state index contributed by atoms with van der Waals surface area (Å²) in [7, 11) is 1.46. The fraction of sp³-hybridized carbons (Fsp3) is 0.200. The van der Waals surface area contributed by atoms with Gasteiger partial charge in [0.15, 0.2) is 0 Å². The Bertz CT molecular complexity index is 982. The molecule has 3 aromatic rings. The van der Waals surface area contributed by atoms with E-state index in [0.29, 0.717) is 18.1 Å². The first-order valence-electron chi connectivity index (χ1n) is 8.87. The van der Waals surface area contributed by atoms with E-state index >= 15 is 0 Å². The number of amides is 1. The third-order valence-electron chi connectivity index (χ3n) is 3.93. The van der Waals surface area contributed by atoms with Crippen molar-refractivity contribution in [1.29, 1.82) is 0 Å². The quantitative estimate of drug-likeness (QED) is 0.445. The lowest BCUT2D eigenvalue weighted by molar-refractivity contribution is 0.0926. The van der Waals surface area contributed by atoms with Gasteiger partial charge in [0.1, 0.15) is 17.2 Å². The monoisotopic (exact) mass is 397 g/mol. The summed E-state index contributed by atoms with van der Waals surface area (Å²) in [6.07, 6.45) is 4.19. The molecule has 9 heteroatoms. The van der Waals surface area contributed by atoms with Crippen molar-refractivity contribution in [2.45, 2.75) is 13.5 Å². The van der Waals surface area contributed by atoms with E-state index in [1.165, 1.54) is 25.6 Å². The number of ether oxygens (including phenoxy) is 2. The molecule has 150 valence electrons.